The quantitative estimate of drug-likeness (QED) is 0.801. The number of carbonyl (C=O) groups excluding carboxylic acids is 1. The second-order valence-corrected chi connectivity index (χ2v) is 6.18. The van der Waals surface area contributed by atoms with Gasteiger partial charge in [0.25, 0.3) is 0 Å². The van der Waals surface area contributed by atoms with Gasteiger partial charge >= 0.3 is 0 Å². The molecule has 1 fully saturated rings. The van der Waals surface area contributed by atoms with Crippen molar-refractivity contribution in [3.63, 3.8) is 0 Å². The minimum Gasteiger partial charge on any atom is -0.467 e. The normalized spacial score (nSPS) is 18.4. The fourth-order valence-corrected chi connectivity index (χ4v) is 2.93. The van der Waals surface area contributed by atoms with E-state index in [0.717, 1.165) is 25.3 Å². The summed E-state index contributed by atoms with van der Waals surface area (Å²) in [5, 5.41) is 6.81. The molecule has 0 aliphatic carbocycles. The zero-order chi connectivity index (χ0) is 16.9. The van der Waals surface area contributed by atoms with E-state index in [1.54, 1.807) is 13.2 Å². The van der Waals surface area contributed by atoms with E-state index < -0.39 is 0 Å². The van der Waals surface area contributed by atoms with E-state index in [0.29, 0.717) is 37.4 Å². The number of hydrogen-bond acceptors (Lipinski definition) is 7. The van der Waals surface area contributed by atoms with Gasteiger partial charge in [-0.1, -0.05) is 5.16 Å². The lowest BCUT2D eigenvalue weighted by atomic mass is 10.2. The van der Waals surface area contributed by atoms with Crippen molar-refractivity contribution in [2.75, 3.05) is 26.7 Å². The number of carbonyl (C=O) groups is 1. The predicted molar refractivity (Wildman–Crippen MR) is 85.9 cm³/mol. The predicted octanol–water partition coefficient (Wildman–Crippen LogP) is 0.794. The lowest BCUT2D eigenvalue weighted by Gasteiger charge is -2.23. The molecule has 3 rings (SSSR count). The minimum absolute atomic E-state index is 0.0171. The fourth-order valence-electron chi connectivity index (χ4n) is 2.93. The van der Waals surface area contributed by atoms with Gasteiger partial charge in [-0.3, -0.25) is 14.6 Å². The first-order valence-corrected chi connectivity index (χ1v) is 8.11. The maximum absolute atomic E-state index is 12.0. The Balaban J connectivity index is 1.40. The van der Waals surface area contributed by atoms with E-state index in [1.165, 1.54) is 0 Å². The number of hydrogen-bond donors (Lipinski definition) is 1. The van der Waals surface area contributed by atoms with E-state index in [2.05, 4.69) is 32.3 Å². The number of nitrogens with zero attached hydrogens (tertiary/aromatic N) is 4. The molecule has 8 nitrogen and oxygen atoms in total. The molecule has 0 saturated carbocycles. The highest BCUT2D eigenvalue weighted by molar-refractivity contribution is 5.77. The molecular formula is C16H23N5O3. The Kier molecular flexibility index (Phi) is 5.27. The van der Waals surface area contributed by atoms with E-state index in [-0.39, 0.29) is 5.91 Å². The van der Waals surface area contributed by atoms with Crippen LogP contribution in [0.1, 0.15) is 23.9 Å². The molecule has 0 bridgehead atoms. The van der Waals surface area contributed by atoms with Crippen molar-refractivity contribution < 1.29 is 13.7 Å². The Morgan fingerprint density at radius 2 is 2.42 bits per heavy atom. The second kappa shape index (κ2) is 7.59. The molecule has 0 spiro atoms. The lowest BCUT2D eigenvalue weighted by Crippen LogP contribution is -2.38. The average Bonchev–Trinajstić information content (AvgIpc) is 3.27. The van der Waals surface area contributed by atoms with Crippen LogP contribution in [0.15, 0.2) is 27.3 Å². The van der Waals surface area contributed by atoms with Crippen molar-refractivity contribution in [1.82, 2.24) is 25.3 Å². The van der Waals surface area contributed by atoms with E-state index >= 15 is 0 Å². The molecule has 1 atom stereocenters. The maximum Gasteiger partial charge on any atom is 0.234 e. The van der Waals surface area contributed by atoms with E-state index in [9.17, 15) is 4.79 Å². The Hall–Kier alpha value is -2.19. The van der Waals surface area contributed by atoms with Crippen molar-refractivity contribution >= 4 is 5.91 Å². The summed E-state index contributed by atoms with van der Waals surface area (Å²) in [6.45, 7) is 5.05. The first-order chi connectivity index (χ1) is 11.6. The SMILES string of the molecule is Cc1nc(CN(C)[C@H]2CCN(CC(=O)NCc3ccco3)C2)no1. The molecule has 3 heterocycles. The summed E-state index contributed by atoms with van der Waals surface area (Å²) in [6.07, 6.45) is 2.63. The summed E-state index contributed by atoms with van der Waals surface area (Å²) < 4.78 is 10.2. The Morgan fingerprint density at radius 3 is 3.12 bits per heavy atom. The third-order valence-electron chi connectivity index (χ3n) is 4.24. The van der Waals surface area contributed by atoms with Crippen LogP contribution < -0.4 is 5.32 Å². The van der Waals surface area contributed by atoms with Gasteiger partial charge < -0.3 is 14.3 Å². The Labute approximate surface area is 140 Å². The molecule has 1 amide bonds. The molecule has 1 saturated heterocycles. The highest BCUT2D eigenvalue weighted by Gasteiger charge is 2.27. The van der Waals surface area contributed by atoms with Crippen LogP contribution in [0.3, 0.4) is 0 Å². The highest BCUT2D eigenvalue weighted by Crippen LogP contribution is 2.15. The first-order valence-electron chi connectivity index (χ1n) is 8.11. The van der Waals surface area contributed by atoms with Gasteiger partial charge in [-0.2, -0.15) is 4.98 Å². The van der Waals surface area contributed by atoms with Gasteiger partial charge in [-0.15, -0.1) is 0 Å². The van der Waals surface area contributed by atoms with Crippen molar-refractivity contribution in [1.29, 1.82) is 0 Å². The Bertz CT molecular complexity index is 654. The number of likely N-dealkylation sites (tertiary alicyclic amines) is 1. The molecule has 8 heteroatoms. The molecule has 0 unspecified atom stereocenters. The van der Waals surface area contributed by atoms with Crippen LogP contribution in [0.25, 0.3) is 0 Å². The molecule has 0 aromatic carbocycles. The maximum atomic E-state index is 12.0. The van der Waals surface area contributed by atoms with Gasteiger partial charge in [-0.05, 0) is 25.6 Å². The summed E-state index contributed by atoms with van der Waals surface area (Å²) in [7, 11) is 2.05. The molecule has 2 aromatic rings. The molecular weight excluding hydrogens is 310 g/mol. The summed E-state index contributed by atoms with van der Waals surface area (Å²) in [5.74, 6) is 2.06. The summed E-state index contributed by atoms with van der Waals surface area (Å²) in [4.78, 5) is 20.6. The van der Waals surface area contributed by atoms with Gasteiger partial charge in [0.1, 0.15) is 5.76 Å². The van der Waals surface area contributed by atoms with Crippen LogP contribution in [-0.4, -0.2) is 58.6 Å². The van der Waals surface area contributed by atoms with E-state index in [4.69, 9.17) is 8.94 Å². The van der Waals surface area contributed by atoms with Crippen LogP contribution in [0.5, 0.6) is 0 Å². The highest BCUT2D eigenvalue weighted by atomic mass is 16.5. The van der Waals surface area contributed by atoms with Crippen LogP contribution in [0, 0.1) is 6.92 Å². The Morgan fingerprint density at radius 1 is 1.54 bits per heavy atom. The van der Waals surface area contributed by atoms with Gasteiger partial charge in [0.2, 0.25) is 11.8 Å². The van der Waals surface area contributed by atoms with Crippen molar-refractivity contribution in [2.45, 2.75) is 32.5 Å². The number of aryl methyl sites for hydroxylation is 1. The van der Waals surface area contributed by atoms with Gasteiger partial charge in [0.15, 0.2) is 5.82 Å². The summed E-state index contributed by atoms with van der Waals surface area (Å²) >= 11 is 0. The van der Waals surface area contributed by atoms with Crippen molar-refractivity contribution in [2.24, 2.45) is 0 Å². The smallest absolute Gasteiger partial charge is 0.234 e. The molecule has 1 aliphatic heterocycles. The molecule has 0 radical (unpaired) electrons. The monoisotopic (exact) mass is 333 g/mol. The molecule has 2 aromatic heterocycles. The fraction of sp³-hybridized carbons (Fsp3) is 0.562. The number of furan rings is 1. The zero-order valence-corrected chi connectivity index (χ0v) is 14.1. The van der Waals surface area contributed by atoms with Crippen molar-refractivity contribution in [3.05, 3.63) is 35.9 Å². The second-order valence-electron chi connectivity index (χ2n) is 6.18. The van der Waals surface area contributed by atoms with Gasteiger partial charge in [0, 0.05) is 26.1 Å². The number of rotatable bonds is 7. The topological polar surface area (TPSA) is 87.6 Å². The van der Waals surface area contributed by atoms with Crippen molar-refractivity contribution in [3.8, 4) is 0 Å². The van der Waals surface area contributed by atoms with Gasteiger partial charge in [-0.25, -0.2) is 0 Å². The molecule has 130 valence electrons. The number of nitrogens with one attached hydrogen (secondary N) is 1. The van der Waals surface area contributed by atoms with Gasteiger partial charge in [0.05, 0.1) is 25.9 Å². The van der Waals surface area contributed by atoms with Crippen LogP contribution in [-0.2, 0) is 17.9 Å². The number of aromatic nitrogens is 2. The number of amides is 1. The molecule has 1 aliphatic rings. The zero-order valence-electron chi connectivity index (χ0n) is 14.1. The van der Waals surface area contributed by atoms with Crippen LogP contribution in [0.4, 0.5) is 0 Å². The first kappa shape index (κ1) is 16.7. The van der Waals surface area contributed by atoms with E-state index in [1.807, 2.05) is 12.1 Å². The minimum atomic E-state index is 0.0171. The molecule has 24 heavy (non-hydrogen) atoms. The number of likely N-dealkylation sites (N-methyl/N-ethyl adjacent to an activating group) is 1. The standard InChI is InChI=1S/C16H23N5O3/c1-12-18-15(19-24-12)10-20(2)13-5-6-21(9-13)11-16(22)17-8-14-4-3-7-23-14/h3-4,7,13H,5-6,8-11H2,1-2H3,(H,17,22)/t13-/m0/s1. The lowest BCUT2D eigenvalue weighted by molar-refractivity contribution is -0.122. The third-order valence-corrected chi connectivity index (χ3v) is 4.24. The average molecular weight is 333 g/mol. The molecule has 1 N–H and O–H groups in total. The van der Waals surface area contributed by atoms with Crippen LogP contribution >= 0.6 is 0 Å². The third kappa shape index (κ3) is 4.42. The summed E-state index contributed by atoms with van der Waals surface area (Å²) in [5.41, 5.74) is 0. The largest absolute Gasteiger partial charge is 0.467 e. The summed E-state index contributed by atoms with van der Waals surface area (Å²) in [6, 6.07) is 4.05. The van der Waals surface area contributed by atoms with Crippen LogP contribution in [0.2, 0.25) is 0 Å².